The highest BCUT2D eigenvalue weighted by Crippen LogP contribution is 2.27. The van der Waals surface area contributed by atoms with Crippen LogP contribution in [-0.2, 0) is 0 Å². The van der Waals surface area contributed by atoms with Crippen LogP contribution >= 0.6 is 0 Å². The van der Waals surface area contributed by atoms with Gasteiger partial charge in [-0.05, 0) is 0 Å². The molecule has 10 heavy (non-hydrogen) atoms. The number of hydrogen-bond donors (Lipinski definition) is 1. The van der Waals surface area contributed by atoms with Crippen molar-refractivity contribution in [3.05, 3.63) is 0 Å². The molecule has 3 heterocycles. The normalized spacial score (nSPS) is 44.7. The minimum Gasteiger partial charge on any atom is -1.00 e. The van der Waals surface area contributed by atoms with Gasteiger partial charge in [0, 0.05) is 19.3 Å². The zero-order chi connectivity index (χ0) is 6.32. The molecule has 0 saturated carbocycles. The molecule has 1 nitrogen and oxygen atoms in total. The van der Waals surface area contributed by atoms with Crippen molar-refractivity contribution in [1.29, 1.82) is 0 Å². The van der Waals surface area contributed by atoms with E-state index in [4.69, 9.17) is 0 Å². The summed E-state index contributed by atoms with van der Waals surface area (Å²) in [5, 5.41) is 0. The van der Waals surface area contributed by atoms with Crippen LogP contribution in [0.25, 0.3) is 0 Å². The van der Waals surface area contributed by atoms with Crippen molar-refractivity contribution >= 4 is 0 Å². The zero-order valence-corrected chi connectivity index (χ0v) is 7.58. The summed E-state index contributed by atoms with van der Waals surface area (Å²) in [6.45, 7) is 3.24. The number of fused-ring (bicyclic) bond motifs is 3. The van der Waals surface area contributed by atoms with Gasteiger partial charge in [-0.1, -0.05) is 0 Å². The second-order valence-electron chi connectivity index (χ2n) is 3.40. The first-order valence-electron chi connectivity index (χ1n) is 3.81. The van der Waals surface area contributed by atoms with Crippen LogP contribution in [0.5, 0.6) is 0 Å². The van der Waals surface area contributed by atoms with Crippen molar-refractivity contribution < 1.29 is 26.3 Å². The third kappa shape index (κ3) is 1.35. The van der Waals surface area contributed by atoms with E-state index in [-0.39, 0.29) is 17.0 Å². The minimum absolute atomic E-state index is 0. The molecular weight excluding hydrogens is 197 g/mol. The smallest absolute Gasteiger partial charge is 0.127 e. The summed E-state index contributed by atoms with van der Waals surface area (Å²) in [5.74, 6) is 0. The maximum Gasteiger partial charge on any atom is 0.127 e. The number of rotatable bonds is 0. The molecule has 2 bridgehead atoms. The number of nitrogens with one attached hydrogen (secondary N) is 1. The SMILES string of the molecule is FC12CC[NH+](CC1)CC2.[Br-]. The van der Waals surface area contributed by atoms with Crippen LogP contribution in [0.1, 0.15) is 19.3 Å². The maximum absolute atomic E-state index is 13.3. The standard InChI is InChI=1S/C7H12FN.BrH/c8-7-1-4-9(5-2-7)6-3-7;/h1-6H2;1H. The van der Waals surface area contributed by atoms with Crippen LogP contribution in [0.3, 0.4) is 0 Å². The molecule has 3 aliphatic rings. The first-order chi connectivity index (χ1) is 4.29. The van der Waals surface area contributed by atoms with Crippen LogP contribution in [0, 0.1) is 0 Å². The van der Waals surface area contributed by atoms with Gasteiger partial charge in [-0.2, -0.15) is 0 Å². The van der Waals surface area contributed by atoms with Gasteiger partial charge in [-0.3, -0.25) is 0 Å². The predicted molar refractivity (Wildman–Crippen MR) is 33.3 cm³/mol. The van der Waals surface area contributed by atoms with E-state index >= 15 is 0 Å². The minimum atomic E-state index is -0.734. The number of quaternary nitrogens is 1. The summed E-state index contributed by atoms with van der Waals surface area (Å²) in [4.78, 5) is 1.62. The van der Waals surface area contributed by atoms with Crippen LogP contribution in [0.15, 0.2) is 0 Å². The van der Waals surface area contributed by atoms with E-state index in [9.17, 15) is 4.39 Å². The Hall–Kier alpha value is 0.370. The molecule has 0 aromatic rings. The molecule has 3 saturated heterocycles. The molecule has 0 aromatic heterocycles. The third-order valence-corrected chi connectivity index (χ3v) is 2.78. The van der Waals surface area contributed by atoms with E-state index in [1.54, 1.807) is 4.90 Å². The quantitative estimate of drug-likeness (QED) is 0.429. The van der Waals surface area contributed by atoms with Gasteiger partial charge in [0.2, 0.25) is 0 Å². The monoisotopic (exact) mass is 209 g/mol. The summed E-state index contributed by atoms with van der Waals surface area (Å²) >= 11 is 0. The van der Waals surface area contributed by atoms with Crippen molar-refractivity contribution in [3.63, 3.8) is 0 Å². The zero-order valence-electron chi connectivity index (χ0n) is 6.00. The van der Waals surface area contributed by atoms with E-state index < -0.39 is 5.67 Å². The van der Waals surface area contributed by atoms with Gasteiger partial charge in [0.25, 0.3) is 0 Å². The van der Waals surface area contributed by atoms with Crippen molar-refractivity contribution in [2.45, 2.75) is 24.9 Å². The van der Waals surface area contributed by atoms with Gasteiger partial charge in [0.15, 0.2) is 0 Å². The molecule has 60 valence electrons. The van der Waals surface area contributed by atoms with Crippen molar-refractivity contribution in [1.82, 2.24) is 0 Å². The molecule has 0 aliphatic carbocycles. The lowest BCUT2D eigenvalue weighted by Crippen LogP contribution is -3.15. The van der Waals surface area contributed by atoms with E-state index in [0.717, 1.165) is 38.9 Å². The lowest BCUT2D eigenvalue weighted by atomic mass is 9.85. The van der Waals surface area contributed by atoms with Crippen LogP contribution < -0.4 is 21.9 Å². The summed E-state index contributed by atoms with van der Waals surface area (Å²) in [5.41, 5.74) is -0.734. The van der Waals surface area contributed by atoms with E-state index in [0.29, 0.717) is 0 Å². The van der Waals surface area contributed by atoms with Crippen LogP contribution in [0.4, 0.5) is 4.39 Å². The number of halogens is 2. The van der Waals surface area contributed by atoms with Gasteiger partial charge < -0.3 is 21.9 Å². The Morgan fingerprint density at radius 2 is 1.40 bits per heavy atom. The maximum atomic E-state index is 13.3. The Bertz CT molecular complexity index is 107. The highest BCUT2D eigenvalue weighted by atomic mass is 79.9. The molecule has 3 fully saturated rings. The van der Waals surface area contributed by atoms with Gasteiger partial charge in [-0.15, -0.1) is 0 Å². The highest BCUT2D eigenvalue weighted by Gasteiger charge is 2.42. The summed E-state index contributed by atoms with van der Waals surface area (Å²) in [6.07, 6.45) is 2.47. The molecule has 3 aliphatic heterocycles. The molecule has 3 heteroatoms. The molecule has 0 radical (unpaired) electrons. The fourth-order valence-corrected chi connectivity index (χ4v) is 1.95. The third-order valence-electron chi connectivity index (χ3n) is 2.78. The molecule has 0 amide bonds. The molecule has 0 aromatic carbocycles. The van der Waals surface area contributed by atoms with Crippen molar-refractivity contribution in [2.75, 3.05) is 19.6 Å². The molecule has 0 spiro atoms. The van der Waals surface area contributed by atoms with Gasteiger partial charge >= 0.3 is 0 Å². The van der Waals surface area contributed by atoms with Gasteiger partial charge in [-0.25, -0.2) is 4.39 Å². The fraction of sp³-hybridized carbons (Fsp3) is 1.00. The molecule has 1 N–H and O–H groups in total. The van der Waals surface area contributed by atoms with Crippen LogP contribution in [0.2, 0.25) is 0 Å². The number of piperidine rings is 3. The summed E-state index contributed by atoms with van der Waals surface area (Å²) in [7, 11) is 0. The average Bonchev–Trinajstić information content (AvgIpc) is 1.90. The Kier molecular flexibility index (Phi) is 2.35. The van der Waals surface area contributed by atoms with E-state index in [1.165, 1.54) is 0 Å². The van der Waals surface area contributed by atoms with Crippen molar-refractivity contribution in [2.24, 2.45) is 0 Å². The lowest BCUT2D eigenvalue weighted by Gasteiger charge is -2.40. The lowest BCUT2D eigenvalue weighted by molar-refractivity contribution is -0.918. The Labute approximate surface area is 71.4 Å². The Balaban J connectivity index is 0.000000500. The van der Waals surface area contributed by atoms with Gasteiger partial charge in [0.1, 0.15) is 5.67 Å². The fourth-order valence-electron chi connectivity index (χ4n) is 1.95. The Morgan fingerprint density at radius 3 is 1.60 bits per heavy atom. The molecule has 3 rings (SSSR count). The number of hydrogen-bond acceptors (Lipinski definition) is 0. The van der Waals surface area contributed by atoms with E-state index in [1.807, 2.05) is 0 Å². The second kappa shape index (κ2) is 2.78. The topological polar surface area (TPSA) is 4.44 Å². The van der Waals surface area contributed by atoms with Crippen molar-refractivity contribution in [3.8, 4) is 0 Å². The van der Waals surface area contributed by atoms with Crippen LogP contribution in [-0.4, -0.2) is 25.3 Å². The Morgan fingerprint density at radius 1 is 1.00 bits per heavy atom. The molecular formula is C7H13BrFN. The van der Waals surface area contributed by atoms with Gasteiger partial charge in [0.05, 0.1) is 19.6 Å². The first-order valence-corrected chi connectivity index (χ1v) is 3.81. The van der Waals surface area contributed by atoms with E-state index in [2.05, 4.69) is 0 Å². The first kappa shape index (κ1) is 8.47. The largest absolute Gasteiger partial charge is 1.00 e. The molecule has 0 unspecified atom stereocenters. The predicted octanol–water partition coefficient (Wildman–Crippen LogP) is -3.22. The summed E-state index contributed by atoms with van der Waals surface area (Å²) in [6, 6.07) is 0. The molecule has 0 atom stereocenters. The highest BCUT2D eigenvalue weighted by molar-refractivity contribution is 4.83. The second-order valence-corrected chi connectivity index (χ2v) is 3.40. The number of alkyl halides is 1. The summed E-state index contributed by atoms with van der Waals surface area (Å²) < 4.78 is 13.3. The average molecular weight is 210 g/mol.